The molecule has 0 spiro atoms. The molecule has 2 aliphatic heterocycles. The third-order valence-electron chi connectivity index (χ3n) is 12.6. The summed E-state index contributed by atoms with van der Waals surface area (Å²) in [6, 6.07) is 43.9. The van der Waals surface area contributed by atoms with Crippen LogP contribution in [-0.4, -0.2) is 17.8 Å². The Hall–Kier alpha value is -6.36. The van der Waals surface area contributed by atoms with Gasteiger partial charge in [-0.3, -0.25) is 0 Å². The highest BCUT2D eigenvalue weighted by molar-refractivity contribution is 7.12. The van der Waals surface area contributed by atoms with Crippen molar-refractivity contribution in [3.05, 3.63) is 211 Å². The van der Waals surface area contributed by atoms with Gasteiger partial charge in [-0.15, -0.1) is 22.7 Å². The molecule has 0 bridgehead atoms. The summed E-state index contributed by atoms with van der Waals surface area (Å²) in [6.07, 6.45) is 7.44. The van der Waals surface area contributed by atoms with Gasteiger partial charge in [0.05, 0.1) is 9.75 Å². The van der Waals surface area contributed by atoms with Gasteiger partial charge in [-0.2, -0.15) is 26.3 Å². The van der Waals surface area contributed by atoms with E-state index in [9.17, 15) is 0 Å². The van der Waals surface area contributed by atoms with Gasteiger partial charge in [-0.1, -0.05) is 121 Å². The summed E-state index contributed by atoms with van der Waals surface area (Å²) in [4.78, 5) is 1.02. The molecule has 0 fully saturated rings. The summed E-state index contributed by atoms with van der Waals surface area (Å²) >= 11 is 2.08. The fourth-order valence-electron chi connectivity index (χ4n) is 9.38. The number of hydrogen-bond donors (Lipinski definition) is 0. The van der Waals surface area contributed by atoms with E-state index in [2.05, 4.69) is 0 Å². The Morgan fingerprint density at radius 3 is 1.24 bits per heavy atom. The molecule has 2 aromatic heterocycles. The molecule has 11 rings (SSSR count). The number of ether oxygens (including phenoxy) is 2. The number of rotatable bonds is 6. The first-order valence-electron chi connectivity index (χ1n) is 20.3. The molecule has 2 atom stereocenters. The molecule has 0 amide bonds. The SMILES string of the molecule is Cc1sc(C2(c3ccccc3)C=Cc3c(ccc4ccccc34)O2)cc1C1=C(c2cc(C3(c4ccccc4)C=Cc4c(ccc5ccccc45)O3)sc2C)C(F)(F)C(F)(F)C1(F)F. The summed E-state index contributed by atoms with van der Waals surface area (Å²) in [5.74, 6) is -15.3. The Morgan fingerprint density at radius 2 is 0.825 bits per heavy atom. The summed E-state index contributed by atoms with van der Waals surface area (Å²) < 4.78 is 112. The summed E-state index contributed by atoms with van der Waals surface area (Å²) in [5, 5.41) is 3.85. The molecule has 8 aromatic rings. The minimum Gasteiger partial charge on any atom is -0.472 e. The molecule has 63 heavy (non-hydrogen) atoms. The summed E-state index contributed by atoms with van der Waals surface area (Å²) in [5.41, 5.74) is -3.56. The van der Waals surface area contributed by atoms with Crippen LogP contribution in [0.3, 0.4) is 0 Å². The first-order valence-corrected chi connectivity index (χ1v) is 21.9. The topological polar surface area (TPSA) is 18.5 Å². The normalized spacial score (nSPS) is 21.6. The number of benzene rings is 6. The second-order valence-electron chi connectivity index (χ2n) is 16.1. The molecule has 3 aliphatic rings. The molecule has 2 nitrogen and oxygen atoms in total. The molecule has 10 heteroatoms. The molecular weight excluding hydrogens is 847 g/mol. The highest BCUT2D eigenvalue weighted by atomic mass is 32.1. The minimum absolute atomic E-state index is 0.151. The van der Waals surface area contributed by atoms with Gasteiger partial charge in [0.2, 0.25) is 0 Å². The second kappa shape index (κ2) is 13.8. The van der Waals surface area contributed by atoms with Crippen LogP contribution < -0.4 is 9.47 Å². The fraction of sp³-hybridized carbons (Fsp3) is 0.132. The van der Waals surface area contributed by atoms with Crippen LogP contribution in [0.5, 0.6) is 11.5 Å². The number of aryl methyl sites for hydroxylation is 2. The van der Waals surface area contributed by atoms with E-state index < -0.39 is 51.2 Å². The van der Waals surface area contributed by atoms with Crippen molar-refractivity contribution in [1.29, 1.82) is 0 Å². The zero-order valence-corrected chi connectivity index (χ0v) is 35.2. The van der Waals surface area contributed by atoms with Gasteiger partial charge in [0.25, 0.3) is 0 Å². The predicted octanol–water partition coefficient (Wildman–Crippen LogP) is 15.3. The zero-order valence-electron chi connectivity index (χ0n) is 33.6. The van der Waals surface area contributed by atoms with E-state index in [1.807, 2.05) is 158 Å². The van der Waals surface area contributed by atoms with Crippen LogP contribution in [0, 0.1) is 13.8 Å². The van der Waals surface area contributed by atoms with Crippen molar-refractivity contribution in [2.45, 2.75) is 42.8 Å². The van der Waals surface area contributed by atoms with Gasteiger partial charge in [-0.25, -0.2) is 0 Å². The number of allylic oxidation sites excluding steroid dienone is 2. The molecular formula is C53H34F6O2S2. The van der Waals surface area contributed by atoms with E-state index >= 15 is 26.3 Å². The number of hydrogen-bond acceptors (Lipinski definition) is 4. The highest BCUT2D eigenvalue weighted by Crippen LogP contribution is 2.66. The van der Waals surface area contributed by atoms with Crippen LogP contribution in [0.15, 0.2) is 158 Å². The predicted molar refractivity (Wildman–Crippen MR) is 241 cm³/mol. The van der Waals surface area contributed by atoms with Gasteiger partial charge in [0.15, 0.2) is 11.2 Å². The van der Waals surface area contributed by atoms with Gasteiger partial charge < -0.3 is 9.47 Å². The van der Waals surface area contributed by atoms with Crippen LogP contribution in [0.4, 0.5) is 26.3 Å². The van der Waals surface area contributed by atoms with Crippen LogP contribution in [0.1, 0.15) is 52.9 Å². The summed E-state index contributed by atoms with van der Waals surface area (Å²) in [7, 11) is 0. The van der Waals surface area contributed by atoms with Crippen molar-refractivity contribution in [3.63, 3.8) is 0 Å². The highest BCUT2D eigenvalue weighted by Gasteiger charge is 2.80. The average Bonchev–Trinajstić information content (AvgIpc) is 3.92. The number of alkyl halides is 6. The second-order valence-corrected chi connectivity index (χ2v) is 18.6. The molecule has 0 saturated heterocycles. The summed E-state index contributed by atoms with van der Waals surface area (Å²) in [6.45, 7) is 2.98. The van der Waals surface area contributed by atoms with Gasteiger partial charge in [0.1, 0.15) is 11.5 Å². The van der Waals surface area contributed by atoms with E-state index in [4.69, 9.17) is 9.47 Å². The lowest BCUT2D eigenvalue weighted by molar-refractivity contribution is -0.254. The van der Waals surface area contributed by atoms with Gasteiger partial charge in [-0.05, 0) is 95.1 Å². The standard InChI is InChI=1S/C53H34F6O2S2/c1-31-41(29-45(62-31)49(35-15-5-3-6-16-35)27-25-39-37-19-11-9-13-33(37)21-23-43(39)60-49)47-48(52(56,57)53(58,59)51(47,54)55)42-30-46(63-32(42)2)50(36-17-7-4-8-18-36)28-26-40-38-20-12-10-14-34(38)22-24-44(40)61-50/h3-30H,1-2H3. The lowest BCUT2D eigenvalue weighted by atomic mass is 9.86. The van der Waals surface area contributed by atoms with Crippen LogP contribution in [0.25, 0.3) is 44.8 Å². The Labute approximate surface area is 366 Å². The van der Waals surface area contributed by atoms with Crippen LogP contribution >= 0.6 is 22.7 Å². The first-order chi connectivity index (χ1) is 30.3. The minimum atomic E-state index is -5.76. The third-order valence-corrected chi connectivity index (χ3v) is 14.9. The first kappa shape index (κ1) is 39.5. The van der Waals surface area contributed by atoms with E-state index in [0.29, 0.717) is 32.4 Å². The monoisotopic (exact) mass is 880 g/mol. The molecule has 312 valence electrons. The maximum absolute atomic E-state index is 16.7. The molecule has 0 radical (unpaired) electrons. The third kappa shape index (κ3) is 5.56. The number of fused-ring (bicyclic) bond motifs is 6. The zero-order chi connectivity index (χ0) is 43.5. The van der Waals surface area contributed by atoms with Crippen molar-refractivity contribution in [2.24, 2.45) is 0 Å². The maximum atomic E-state index is 16.7. The average molecular weight is 881 g/mol. The van der Waals surface area contributed by atoms with Crippen LogP contribution in [-0.2, 0) is 11.2 Å². The van der Waals surface area contributed by atoms with E-state index in [-0.39, 0.29) is 9.75 Å². The Morgan fingerprint density at radius 1 is 0.444 bits per heavy atom. The quantitative estimate of drug-likeness (QED) is 0.155. The molecule has 6 aromatic carbocycles. The molecule has 2 unspecified atom stereocenters. The van der Waals surface area contributed by atoms with Crippen molar-refractivity contribution in [3.8, 4) is 11.5 Å². The van der Waals surface area contributed by atoms with Crippen molar-refractivity contribution >= 4 is 67.5 Å². The Bertz CT molecular complexity index is 3040. The van der Waals surface area contributed by atoms with Crippen LogP contribution in [0.2, 0.25) is 0 Å². The number of halogens is 6. The fourth-order valence-corrected chi connectivity index (χ4v) is 11.7. The molecule has 0 saturated carbocycles. The maximum Gasteiger partial charge on any atom is 0.380 e. The Balaban J connectivity index is 1.10. The van der Waals surface area contributed by atoms with Gasteiger partial charge in [0, 0.05) is 43.2 Å². The van der Waals surface area contributed by atoms with Crippen molar-refractivity contribution < 1.29 is 35.8 Å². The van der Waals surface area contributed by atoms with Gasteiger partial charge >= 0.3 is 17.8 Å². The van der Waals surface area contributed by atoms with Crippen molar-refractivity contribution in [2.75, 3.05) is 0 Å². The molecule has 0 N–H and O–H groups in total. The molecule has 4 heterocycles. The smallest absolute Gasteiger partial charge is 0.380 e. The number of thiophene rings is 2. The van der Waals surface area contributed by atoms with Crippen molar-refractivity contribution in [1.82, 2.24) is 0 Å². The van der Waals surface area contributed by atoms with E-state index in [1.54, 1.807) is 0 Å². The lowest BCUT2D eigenvalue weighted by Gasteiger charge is -2.35. The largest absolute Gasteiger partial charge is 0.472 e. The Kier molecular flexibility index (Phi) is 8.66. The van der Waals surface area contributed by atoms with E-state index in [1.165, 1.54) is 26.0 Å². The van der Waals surface area contributed by atoms with E-state index in [0.717, 1.165) is 55.3 Å². The lowest BCUT2D eigenvalue weighted by Crippen LogP contribution is -2.48. The molecule has 1 aliphatic carbocycles.